The maximum absolute atomic E-state index is 11.9. The molecule has 0 aliphatic heterocycles. The number of carboxylic acids is 1. The normalized spacial score (nSPS) is 14.9. The summed E-state index contributed by atoms with van der Waals surface area (Å²) in [5.41, 5.74) is 5.18. The maximum Gasteiger partial charge on any atom is 0.472 e. The SMILES string of the molecule is CCCCCCCCCCCC(=O)OC[C@H](COP(=O)(O)OC[C@H](N)C(=O)O)OC(C)=O. The average molecular weight is 483 g/mol. The summed E-state index contributed by atoms with van der Waals surface area (Å²) < 4.78 is 30.9. The van der Waals surface area contributed by atoms with E-state index in [-0.39, 0.29) is 13.0 Å². The maximum atomic E-state index is 11.9. The number of carbonyl (C=O) groups excluding carboxylic acids is 2. The summed E-state index contributed by atoms with van der Waals surface area (Å²) in [6.45, 7) is 1.60. The molecular formula is C20H38NO10P. The van der Waals surface area contributed by atoms with Crippen molar-refractivity contribution >= 4 is 25.7 Å². The molecule has 0 aliphatic rings. The van der Waals surface area contributed by atoms with Crippen LogP contribution in [0.3, 0.4) is 0 Å². The number of hydrogen-bond acceptors (Lipinski definition) is 9. The highest BCUT2D eigenvalue weighted by Gasteiger charge is 2.27. The summed E-state index contributed by atoms with van der Waals surface area (Å²) in [5, 5.41) is 8.64. The highest BCUT2D eigenvalue weighted by molar-refractivity contribution is 7.47. The highest BCUT2D eigenvalue weighted by atomic mass is 31.2. The molecule has 11 nitrogen and oxygen atoms in total. The van der Waals surface area contributed by atoms with Gasteiger partial charge in [0.2, 0.25) is 0 Å². The average Bonchev–Trinajstić information content (AvgIpc) is 2.72. The highest BCUT2D eigenvalue weighted by Crippen LogP contribution is 2.43. The fraction of sp³-hybridized carbons (Fsp3) is 0.850. The zero-order chi connectivity index (χ0) is 24.4. The number of phosphoric acid groups is 1. The first-order valence-electron chi connectivity index (χ1n) is 11.0. The van der Waals surface area contributed by atoms with Gasteiger partial charge in [0, 0.05) is 13.3 Å². The van der Waals surface area contributed by atoms with Gasteiger partial charge in [-0.2, -0.15) is 0 Å². The molecule has 0 heterocycles. The smallest absolute Gasteiger partial charge is 0.472 e. The van der Waals surface area contributed by atoms with Crippen LogP contribution in [0, 0.1) is 0 Å². The number of nitrogens with two attached hydrogens (primary N) is 1. The summed E-state index contributed by atoms with van der Waals surface area (Å²) in [6.07, 6.45) is 9.11. The van der Waals surface area contributed by atoms with E-state index < -0.39 is 51.1 Å². The van der Waals surface area contributed by atoms with Crippen molar-refractivity contribution in [2.75, 3.05) is 19.8 Å². The number of ether oxygens (including phenoxy) is 2. The largest absolute Gasteiger partial charge is 0.480 e. The Labute approximate surface area is 189 Å². The number of aliphatic carboxylic acids is 1. The molecule has 0 aromatic heterocycles. The minimum absolute atomic E-state index is 0.220. The number of esters is 2. The Morgan fingerprint density at radius 3 is 1.97 bits per heavy atom. The van der Waals surface area contributed by atoms with Crippen molar-refractivity contribution in [3.63, 3.8) is 0 Å². The Kier molecular flexibility index (Phi) is 17.1. The van der Waals surface area contributed by atoms with Crippen LogP contribution in [0.2, 0.25) is 0 Å². The fourth-order valence-corrected chi connectivity index (χ4v) is 3.43. The van der Waals surface area contributed by atoms with Gasteiger partial charge in [-0.3, -0.25) is 23.4 Å². The second-order valence-corrected chi connectivity index (χ2v) is 8.95. The van der Waals surface area contributed by atoms with Gasteiger partial charge in [-0.15, -0.1) is 0 Å². The van der Waals surface area contributed by atoms with E-state index in [9.17, 15) is 23.8 Å². The monoisotopic (exact) mass is 483 g/mol. The molecule has 0 rings (SSSR count). The third kappa shape index (κ3) is 18.1. The van der Waals surface area contributed by atoms with E-state index in [0.29, 0.717) is 6.42 Å². The van der Waals surface area contributed by atoms with Gasteiger partial charge in [-0.25, -0.2) is 4.57 Å². The van der Waals surface area contributed by atoms with Crippen LogP contribution in [0.25, 0.3) is 0 Å². The molecule has 1 unspecified atom stereocenters. The van der Waals surface area contributed by atoms with Crippen molar-refractivity contribution < 1.29 is 47.5 Å². The van der Waals surface area contributed by atoms with E-state index >= 15 is 0 Å². The van der Waals surface area contributed by atoms with Crippen LogP contribution in [-0.2, 0) is 37.5 Å². The molecule has 0 bridgehead atoms. The van der Waals surface area contributed by atoms with Crippen LogP contribution < -0.4 is 5.73 Å². The molecule has 0 saturated heterocycles. The first kappa shape index (κ1) is 30.5. The summed E-state index contributed by atoms with van der Waals surface area (Å²) in [4.78, 5) is 43.3. The second kappa shape index (κ2) is 18.0. The molecule has 188 valence electrons. The lowest BCUT2D eigenvalue weighted by atomic mass is 10.1. The number of phosphoric ester groups is 1. The predicted octanol–water partition coefficient (Wildman–Crippen LogP) is 2.93. The van der Waals surface area contributed by atoms with E-state index in [1.54, 1.807) is 0 Å². The van der Waals surface area contributed by atoms with E-state index in [4.69, 9.17) is 20.3 Å². The zero-order valence-corrected chi connectivity index (χ0v) is 19.9. The Hall–Kier alpha value is -1.52. The summed E-state index contributed by atoms with van der Waals surface area (Å²) in [6, 6.07) is -1.51. The second-order valence-electron chi connectivity index (χ2n) is 7.50. The molecule has 4 N–H and O–H groups in total. The van der Waals surface area contributed by atoms with Crippen LogP contribution >= 0.6 is 7.82 Å². The first-order valence-corrected chi connectivity index (χ1v) is 12.5. The molecule has 32 heavy (non-hydrogen) atoms. The lowest BCUT2D eigenvalue weighted by molar-refractivity contribution is -0.159. The van der Waals surface area contributed by atoms with Gasteiger partial charge in [0.05, 0.1) is 13.2 Å². The van der Waals surface area contributed by atoms with Crippen LogP contribution in [0.4, 0.5) is 0 Å². The minimum Gasteiger partial charge on any atom is -0.480 e. The van der Waals surface area contributed by atoms with Crippen LogP contribution in [0.15, 0.2) is 0 Å². The van der Waals surface area contributed by atoms with Gasteiger partial charge in [0.1, 0.15) is 12.6 Å². The van der Waals surface area contributed by atoms with Crippen molar-refractivity contribution in [2.24, 2.45) is 5.73 Å². The Balaban J connectivity index is 4.16. The molecular weight excluding hydrogens is 445 g/mol. The van der Waals surface area contributed by atoms with Crippen molar-refractivity contribution in [2.45, 2.75) is 90.2 Å². The summed E-state index contributed by atoms with van der Waals surface area (Å²) >= 11 is 0. The van der Waals surface area contributed by atoms with Crippen molar-refractivity contribution in [1.82, 2.24) is 0 Å². The van der Waals surface area contributed by atoms with Crippen LogP contribution in [-0.4, -0.2) is 59.9 Å². The van der Waals surface area contributed by atoms with Gasteiger partial charge in [0.25, 0.3) is 0 Å². The lowest BCUT2D eigenvalue weighted by Crippen LogP contribution is -2.34. The molecule has 0 amide bonds. The van der Waals surface area contributed by atoms with Crippen molar-refractivity contribution in [3.8, 4) is 0 Å². The Bertz CT molecular complexity index is 601. The van der Waals surface area contributed by atoms with Gasteiger partial charge in [0.15, 0.2) is 6.10 Å². The molecule has 0 aromatic carbocycles. The van der Waals surface area contributed by atoms with Gasteiger partial charge < -0.3 is 25.2 Å². The zero-order valence-electron chi connectivity index (χ0n) is 19.0. The van der Waals surface area contributed by atoms with E-state index in [2.05, 4.69) is 16.0 Å². The van der Waals surface area contributed by atoms with Gasteiger partial charge in [-0.05, 0) is 6.42 Å². The number of hydrogen-bond donors (Lipinski definition) is 3. The quantitative estimate of drug-likeness (QED) is 0.132. The van der Waals surface area contributed by atoms with Crippen LogP contribution in [0.5, 0.6) is 0 Å². The third-order valence-electron chi connectivity index (χ3n) is 4.41. The van der Waals surface area contributed by atoms with Crippen LogP contribution in [0.1, 0.15) is 78.1 Å². The lowest BCUT2D eigenvalue weighted by Gasteiger charge is -2.19. The van der Waals surface area contributed by atoms with Gasteiger partial charge >= 0.3 is 25.7 Å². The predicted molar refractivity (Wildman–Crippen MR) is 116 cm³/mol. The van der Waals surface area contributed by atoms with Crippen molar-refractivity contribution in [1.29, 1.82) is 0 Å². The fourth-order valence-electron chi connectivity index (χ4n) is 2.65. The molecule has 3 atom stereocenters. The molecule has 0 spiro atoms. The standard InChI is InChI=1S/C20H38NO10P/c1-3-4-5-6-7-8-9-10-11-12-19(23)28-13-17(31-16(2)22)14-29-32(26,27)30-15-18(21)20(24)25/h17-18H,3-15,21H2,1-2H3,(H,24,25)(H,26,27)/t17-,18+/m1/s1. The summed E-state index contributed by atoms with van der Waals surface area (Å²) in [7, 11) is -4.64. The summed E-state index contributed by atoms with van der Waals surface area (Å²) in [5.74, 6) is -2.59. The van der Waals surface area contributed by atoms with Crippen molar-refractivity contribution in [3.05, 3.63) is 0 Å². The van der Waals surface area contributed by atoms with E-state index in [1.165, 1.54) is 32.1 Å². The number of unbranched alkanes of at least 4 members (excludes halogenated alkanes) is 8. The number of carboxylic acid groups (broad SMARTS) is 1. The Morgan fingerprint density at radius 1 is 0.906 bits per heavy atom. The Morgan fingerprint density at radius 2 is 1.44 bits per heavy atom. The minimum atomic E-state index is -4.64. The van der Waals surface area contributed by atoms with E-state index in [1.807, 2.05) is 0 Å². The third-order valence-corrected chi connectivity index (χ3v) is 5.36. The number of rotatable bonds is 20. The van der Waals surface area contributed by atoms with E-state index in [0.717, 1.165) is 26.2 Å². The molecule has 12 heteroatoms. The molecule has 0 radical (unpaired) electrons. The van der Waals surface area contributed by atoms with Gasteiger partial charge in [-0.1, -0.05) is 58.3 Å². The molecule has 0 saturated carbocycles. The number of carbonyl (C=O) groups is 3. The first-order chi connectivity index (χ1) is 15.1. The molecule has 0 fully saturated rings. The molecule has 0 aliphatic carbocycles. The topological polar surface area (TPSA) is 172 Å². The molecule has 0 aromatic rings.